The van der Waals surface area contributed by atoms with Crippen molar-refractivity contribution >= 4 is 40.4 Å². The van der Waals surface area contributed by atoms with Crippen LogP contribution in [0.2, 0.25) is 8.67 Å². The van der Waals surface area contributed by atoms with Crippen molar-refractivity contribution in [1.29, 1.82) is 0 Å². The van der Waals surface area contributed by atoms with Gasteiger partial charge in [0.15, 0.2) is 0 Å². The maximum Gasteiger partial charge on any atom is 0.256 e. The first kappa shape index (κ1) is 13.9. The molecule has 1 aliphatic heterocycles. The minimum Gasteiger partial charge on any atom is -0.334 e. The van der Waals surface area contributed by atoms with Crippen molar-refractivity contribution in [3.63, 3.8) is 0 Å². The Labute approximate surface area is 130 Å². The Hall–Kier alpha value is -1.04. The van der Waals surface area contributed by atoms with Crippen molar-refractivity contribution in [2.75, 3.05) is 6.54 Å². The van der Waals surface area contributed by atoms with Crippen molar-refractivity contribution < 1.29 is 4.79 Å². The van der Waals surface area contributed by atoms with E-state index in [2.05, 4.69) is 5.10 Å². The summed E-state index contributed by atoms with van der Waals surface area (Å²) in [6, 6.07) is 3.70. The Balaban J connectivity index is 1.78. The highest BCUT2D eigenvalue weighted by molar-refractivity contribution is 7.20. The maximum atomic E-state index is 12.6. The average molecular weight is 330 g/mol. The quantitative estimate of drug-likeness (QED) is 0.863. The van der Waals surface area contributed by atoms with Crippen molar-refractivity contribution in [1.82, 2.24) is 14.7 Å². The summed E-state index contributed by atoms with van der Waals surface area (Å²) in [5, 5.41) is 4.20. The van der Waals surface area contributed by atoms with Gasteiger partial charge in [0.1, 0.15) is 4.34 Å². The van der Waals surface area contributed by atoms with E-state index in [4.69, 9.17) is 23.2 Å². The number of hydrogen-bond donors (Lipinski definition) is 0. The molecule has 1 saturated heterocycles. The lowest BCUT2D eigenvalue weighted by Crippen LogP contribution is -2.38. The van der Waals surface area contributed by atoms with E-state index in [0.717, 1.165) is 19.4 Å². The minimum atomic E-state index is -0.0344. The van der Waals surface area contributed by atoms with Crippen LogP contribution in [0.4, 0.5) is 0 Å². The maximum absolute atomic E-state index is 12.6. The number of thiophene rings is 1. The van der Waals surface area contributed by atoms with E-state index in [-0.39, 0.29) is 11.9 Å². The first-order valence-electron chi connectivity index (χ1n) is 6.38. The van der Waals surface area contributed by atoms with E-state index >= 15 is 0 Å². The Morgan fingerprint density at radius 2 is 2.35 bits per heavy atom. The van der Waals surface area contributed by atoms with Crippen LogP contribution in [0.5, 0.6) is 0 Å². The van der Waals surface area contributed by atoms with Crippen LogP contribution in [0.3, 0.4) is 0 Å². The highest BCUT2D eigenvalue weighted by Gasteiger charge is 2.31. The third-order valence-corrected chi connectivity index (χ3v) is 4.97. The Kier molecular flexibility index (Phi) is 4.01. The van der Waals surface area contributed by atoms with Crippen LogP contribution in [0.1, 0.15) is 23.2 Å². The zero-order chi connectivity index (χ0) is 14.1. The van der Waals surface area contributed by atoms with Crippen LogP contribution in [-0.4, -0.2) is 33.2 Å². The molecule has 0 saturated carbocycles. The SMILES string of the molecule is O=C(c1cc(Cl)sc1Cl)N1CCC[C@H]1Cn1cccn1. The van der Waals surface area contributed by atoms with Gasteiger partial charge in [0, 0.05) is 18.9 Å². The molecular weight excluding hydrogens is 317 g/mol. The number of likely N-dealkylation sites (tertiary alicyclic amines) is 1. The van der Waals surface area contributed by atoms with Gasteiger partial charge >= 0.3 is 0 Å². The summed E-state index contributed by atoms with van der Waals surface area (Å²) in [5.41, 5.74) is 0.508. The summed E-state index contributed by atoms with van der Waals surface area (Å²) in [6.07, 6.45) is 5.65. The van der Waals surface area contributed by atoms with Gasteiger partial charge < -0.3 is 4.90 Å². The average Bonchev–Trinajstić information content (AvgIpc) is 3.11. The zero-order valence-electron chi connectivity index (χ0n) is 10.6. The molecule has 0 aliphatic carbocycles. The Bertz CT molecular complexity index is 611. The second-order valence-electron chi connectivity index (χ2n) is 4.76. The number of aromatic nitrogens is 2. The number of nitrogens with zero attached hydrogens (tertiary/aromatic N) is 3. The second-order valence-corrected chi connectivity index (χ2v) is 7.05. The third-order valence-electron chi connectivity index (χ3n) is 3.48. The number of amides is 1. The van der Waals surface area contributed by atoms with Crippen LogP contribution in [0.15, 0.2) is 24.5 Å². The fourth-order valence-electron chi connectivity index (χ4n) is 2.56. The molecule has 0 N–H and O–H groups in total. The lowest BCUT2D eigenvalue weighted by atomic mass is 10.2. The van der Waals surface area contributed by atoms with Gasteiger partial charge in [0.05, 0.1) is 22.5 Å². The number of halogens is 2. The van der Waals surface area contributed by atoms with Crippen LogP contribution in [0, 0.1) is 0 Å². The van der Waals surface area contributed by atoms with Gasteiger partial charge in [0.2, 0.25) is 0 Å². The smallest absolute Gasteiger partial charge is 0.256 e. The Morgan fingerprint density at radius 3 is 3.00 bits per heavy atom. The lowest BCUT2D eigenvalue weighted by molar-refractivity contribution is 0.0722. The van der Waals surface area contributed by atoms with Gasteiger partial charge in [-0.2, -0.15) is 5.10 Å². The summed E-state index contributed by atoms with van der Waals surface area (Å²) >= 11 is 13.2. The highest BCUT2D eigenvalue weighted by atomic mass is 35.5. The first-order valence-corrected chi connectivity index (χ1v) is 7.95. The minimum absolute atomic E-state index is 0.0344. The van der Waals surface area contributed by atoms with Crippen molar-refractivity contribution in [2.45, 2.75) is 25.4 Å². The predicted molar refractivity (Wildman–Crippen MR) is 80.6 cm³/mol. The lowest BCUT2D eigenvalue weighted by Gasteiger charge is -2.24. The summed E-state index contributed by atoms with van der Waals surface area (Å²) in [6.45, 7) is 1.47. The van der Waals surface area contributed by atoms with Gasteiger partial charge in [-0.1, -0.05) is 23.2 Å². The molecule has 7 heteroatoms. The first-order chi connectivity index (χ1) is 9.65. The molecule has 106 valence electrons. The molecule has 0 bridgehead atoms. The third kappa shape index (κ3) is 2.71. The van der Waals surface area contributed by atoms with E-state index in [1.807, 2.05) is 21.8 Å². The number of rotatable bonds is 3. The molecule has 2 aromatic heterocycles. The molecule has 0 spiro atoms. The molecular formula is C13H13Cl2N3OS. The monoisotopic (exact) mass is 329 g/mol. The molecule has 1 amide bonds. The molecule has 3 heterocycles. The van der Waals surface area contributed by atoms with E-state index < -0.39 is 0 Å². The van der Waals surface area contributed by atoms with Gasteiger partial charge in [-0.05, 0) is 25.0 Å². The van der Waals surface area contributed by atoms with Gasteiger partial charge in [-0.25, -0.2) is 0 Å². The van der Waals surface area contributed by atoms with E-state index in [1.54, 1.807) is 12.3 Å². The summed E-state index contributed by atoms with van der Waals surface area (Å²) < 4.78 is 2.87. The van der Waals surface area contributed by atoms with E-state index in [1.165, 1.54) is 11.3 Å². The second kappa shape index (κ2) is 5.76. The molecule has 1 atom stereocenters. The largest absolute Gasteiger partial charge is 0.334 e. The molecule has 1 aliphatic rings. The predicted octanol–water partition coefficient (Wildman–Crippen LogP) is 3.56. The topological polar surface area (TPSA) is 38.1 Å². The summed E-state index contributed by atoms with van der Waals surface area (Å²) in [5.74, 6) is -0.0344. The Morgan fingerprint density at radius 1 is 1.50 bits per heavy atom. The van der Waals surface area contributed by atoms with Crippen LogP contribution in [-0.2, 0) is 6.54 Å². The molecule has 0 aromatic carbocycles. The molecule has 0 unspecified atom stereocenters. The number of carbonyl (C=O) groups is 1. The standard InChI is InChI=1S/C13H13Cl2N3OS/c14-11-7-10(12(15)20-11)13(19)18-6-1-3-9(18)8-17-5-2-4-16-17/h2,4-5,7,9H,1,3,6,8H2/t9-/m0/s1. The van der Waals surface area contributed by atoms with E-state index in [0.29, 0.717) is 20.8 Å². The van der Waals surface area contributed by atoms with Crippen molar-refractivity contribution in [3.8, 4) is 0 Å². The molecule has 20 heavy (non-hydrogen) atoms. The van der Waals surface area contributed by atoms with Gasteiger partial charge in [0.25, 0.3) is 5.91 Å². The van der Waals surface area contributed by atoms with Crippen molar-refractivity contribution in [3.05, 3.63) is 38.8 Å². The molecule has 1 fully saturated rings. The summed E-state index contributed by atoms with van der Waals surface area (Å²) in [4.78, 5) is 14.5. The summed E-state index contributed by atoms with van der Waals surface area (Å²) in [7, 11) is 0. The molecule has 3 rings (SSSR count). The fraction of sp³-hybridized carbons (Fsp3) is 0.385. The van der Waals surface area contributed by atoms with Crippen LogP contribution >= 0.6 is 34.5 Å². The van der Waals surface area contributed by atoms with E-state index in [9.17, 15) is 4.79 Å². The molecule has 2 aromatic rings. The number of hydrogen-bond acceptors (Lipinski definition) is 3. The van der Waals surface area contributed by atoms with Gasteiger partial charge in [-0.3, -0.25) is 9.48 Å². The van der Waals surface area contributed by atoms with Crippen LogP contribution in [0.25, 0.3) is 0 Å². The van der Waals surface area contributed by atoms with Gasteiger partial charge in [-0.15, -0.1) is 11.3 Å². The molecule has 4 nitrogen and oxygen atoms in total. The highest BCUT2D eigenvalue weighted by Crippen LogP contribution is 2.33. The fourth-order valence-corrected chi connectivity index (χ4v) is 4.01. The normalized spacial score (nSPS) is 18.7. The zero-order valence-corrected chi connectivity index (χ0v) is 13.0. The molecule has 0 radical (unpaired) electrons. The van der Waals surface area contributed by atoms with Crippen molar-refractivity contribution in [2.24, 2.45) is 0 Å². The number of carbonyl (C=O) groups excluding carboxylic acids is 1. The van der Waals surface area contributed by atoms with Crippen LogP contribution < -0.4 is 0 Å².